The number of aliphatic hydroxyl groups excluding tert-OH is 1. The highest BCUT2D eigenvalue weighted by molar-refractivity contribution is 7.47. The van der Waals surface area contributed by atoms with E-state index in [0.29, 0.717) is 25.7 Å². The normalized spacial score (nSPS) is 14.7. The first-order valence-corrected chi connectivity index (χ1v) is 40.1. The van der Waals surface area contributed by atoms with E-state index in [-0.39, 0.29) is 25.7 Å². The molecule has 90 heavy (non-hydrogen) atoms. The fourth-order valence-electron chi connectivity index (χ4n) is 10.7. The first-order valence-electron chi connectivity index (χ1n) is 37.1. The van der Waals surface area contributed by atoms with Gasteiger partial charge >= 0.3 is 39.5 Å². The van der Waals surface area contributed by atoms with Crippen LogP contribution in [0.2, 0.25) is 0 Å². The molecule has 4 unspecified atom stereocenters. The summed E-state index contributed by atoms with van der Waals surface area (Å²) in [5.41, 5.74) is 0. The lowest BCUT2D eigenvalue weighted by atomic mass is 10.00. The molecule has 0 saturated heterocycles. The monoisotopic (exact) mass is 1320 g/mol. The average Bonchev–Trinajstić information content (AvgIpc) is 2.28. The SMILES string of the molecule is CCCCCCCCCCCCCCCCCCCCCCCCC(=O)O[C@H](COC(=O)CCCCCCCCC(C)CC)COP(=O)(O)OC[C@@H](O)COP(=O)(O)OC[C@@H](COC(=O)CCCCCCCCCC)OC(=O)CCCCCCCCC(C)CC. The summed E-state index contributed by atoms with van der Waals surface area (Å²) in [7, 11) is -9.90. The van der Waals surface area contributed by atoms with Gasteiger partial charge < -0.3 is 33.8 Å². The van der Waals surface area contributed by atoms with Crippen LogP contribution in [0.15, 0.2) is 0 Å². The van der Waals surface area contributed by atoms with Crippen LogP contribution in [0.3, 0.4) is 0 Å². The number of rotatable bonds is 70. The molecule has 0 radical (unpaired) electrons. The molecule has 0 spiro atoms. The maximum Gasteiger partial charge on any atom is 0.472 e. The number of aliphatic hydroxyl groups is 1. The number of ether oxygens (including phenoxy) is 4. The van der Waals surface area contributed by atoms with Crippen LogP contribution in [0, 0.1) is 11.8 Å². The summed E-state index contributed by atoms with van der Waals surface area (Å²) >= 11 is 0. The summed E-state index contributed by atoms with van der Waals surface area (Å²) < 4.78 is 68.2. The number of unbranched alkanes of at least 4 members (excludes halogenated alkanes) is 38. The molecule has 0 heterocycles. The first kappa shape index (κ1) is 88.1. The second-order valence-electron chi connectivity index (χ2n) is 26.1. The number of hydrogen-bond acceptors (Lipinski definition) is 15. The van der Waals surface area contributed by atoms with Crippen molar-refractivity contribution in [3.8, 4) is 0 Å². The van der Waals surface area contributed by atoms with Crippen molar-refractivity contribution in [3.63, 3.8) is 0 Å². The van der Waals surface area contributed by atoms with Gasteiger partial charge in [-0.15, -0.1) is 0 Å². The lowest BCUT2D eigenvalue weighted by Crippen LogP contribution is -2.30. The number of carbonyl (C=O) groups excluding carboxylic acids is 4. The fraction of sp³-hybridized carbons (Fsp3) is 0.944. The smallest absolute Gasteiger partial charge is 0.462 e. The van der Waals surface area contributed by atoms with Gasteiger partial charge in [-0.25, -0.2) is 9.13 Å². The van der Waals surface area contributed by atoms with E-state index in [1.165, 1.54) is 167 Å². The van der Waals surface area contributed by atoms with Crippen LogP contribution in [0.4, 0.5) is 0 Å². The Bertz CT molecular complexity index is 1760. The van der Waals surface area contributed by atoms with E-state index in [4.69, 9.17) is 37.0 Å². The molecule has 0 saturated carbocycles. The van der Waals surface area contributed by atoms with Gasteiger partial charge in [-0.05, 0) is 37.5 Å². The third-order valence-corrected chi connectivity index (χ3v) is 19.1. The molecule has 0 aromatic heterocycles. The van der Waals surface area contributed by atoms with Crippen LogP contribution in [0.25, 0.3) is 0 Å². The molecule has 0 fully saturated rings. The third-order valence-electron chi connectivity index (χ3n) is 17.2. The maximum absolute atomic E-state index is 13.0. The summed E-state index contributed by atoms with van der Waals surface area (Å²) in [5, 5.41) is 10.6. The average molecular weight is 1330 g/mol. The van der Waals surface area contributed by atoms with Crippen molar-refractivity contribution in [2.45, 2.75) is 381 Å². The molecule has 3 N–H and O–H groups in total. The zero-order valence-corrected chi connectivity index (χ0v) is 60.2. The van der Waals surface area contributed by atoms with Gasteiger partial charge in [0.05, 0.1) is 26.4 Å². The van der Waals surface area contributed by atoms with Crippen LogP contribution in [0.1, 0.15) is 363 Å². The molecule has 0 bridgehead atoms. The lowest BCUT2D eigenvalue weighted by Gasteiger charge is -2.21. The zero-order valence-electron chi connectivity index (χ0n) is 58.4. The molecular weight excluding hydrogens is 1190 g/mol. The standard InChI is InChI=1S/C71H138O17P2/c1-7-11-13-15-17-19-20-21-22-23-24-25-26-27-28-29-30-31-32-34-43-49-55-70(75)87-66(60-82-69(74)54-48-42-37-35-39-45-51-63(5)9-3)61-85-89(77,78)83-57-65(72)58-84-90(79,80)86-62-67(59-81-68(73)53-47-41-33-18-16-14-12-8-2)88-71(76)56-50-44-38-36-40-46-52-64(6)10-4/h63-67,72H,7-62H2,1-6H3,(H,77,78)(H,79,80)/t63?,64?,65-,66-,67-/m1/s1. The fourth-order valence-corrected chi connectivity index (χ4v) is 12.3. The second-order valence-corrected chi connectivity index (χ2v) is 29.0. The number of esters is 4. The summed E-state index contributed by atoms with van der Waals surface area (Å²) in [6.45, 7) is 9.43. The molecule has 534 valence electrons. The highest BCUT2D eigenvalue weighted by Crippen LogP contribution is 2.45. The summed E-state index contributed by atoms with van der Waals surface area (Å²) in [5.74, 6) is -0.681. The highest BCUT2D eigenvalue weighted by Gasteiger charge is 2.30. The van der Waals surface area contributed by atoms with Gasteiger partial charge in [0.15, 0.2) is 12.2 Å². The highest BCUT2D eigenvalue weighted by atomic mass is 31.2. The maximum atomic E-state index is 13.0. The van der Waals surface area contributed by atoms with E-state index in [1.807, 2.05) is 0 Å². The Morgan fingerprint density at radius 3 is 0.789 bits per heavy atom. The Hall–Kier alpha value is -1.94. The van der Waals surface area contributed by atoms with Crippen molar-refractivity contribution in [1.82, 2.24) is 0 Å². The molecule has 0 amide bonds. The van der Waals surface area contributed by atoms with Crippen molar-refractivity contribution in [2.75, 3.05) is 39.6 Å². The number of phosphoric acid groups is 2. The zero-order chi connectivity index (χ0) is 66.5. The van der Waals surface area contributed by atoms with Crippen molar-refractivity contribution in [1.29, 1.82) is 0 Å². The lowest BCUT2D eigenvalue weighted by molar-refractivity contribution is -0.161. The van der Waals surface area contributed by atoms with E-state index in [9.17, 15) is 43.2 Å². The van der Waals surface area contributed by atoms with E-state index in [2.05, 4.69) is 41.5 Å². The van der Waals surface area contributed by atoms with Gasteiger partial charge in [0, 0.05) is 25.7 Å². The molecular formula is C71H138O17P2. The van der Waals surface area contributed by atoms with Crippen molar-refractivity contribution >= 4 is 39.5 Å². The minimum absolute atomic E-state index is 0.103. The minimum Gasteiger partial charge on any atom is -0.462 e. The molecule has 0 aliphatic heterocycles. The first-order chi connectivity index (χ1) is 43.4. The van der Waals surface area contributed by atoms with Crippen molar-refractivity contribution in [2.24, 2.45) is 11.8 Å². The quantitative estimate of drug-likeness (QED) is 0.0222. The van der Waals surface area contributed by atoms with E-state index in [0.717, 1.165) is 115 Å². The van der Waals surface area contributed by atoms with Crippen LogP contribution in [-0.2, 0) is 65.4 Å². The minimum atomic E-state index is -4.95. The van der Waals surface area contributed by atoms with Crippen LogP contribution in [0.5, 0.6) is 0 Å². The van der Waals surface area contributed by atoms with E-state index in [1.54, 1.807) is 0 Å². The number of carbonyl (C=O) groups is 4. The predicted molar refractivity (Wildman–Crippen MR) is 363 cm³/mol. The Labute approximate surface area is 549 Å². The molecule has 0 aromatic carbocycles. The summed E-state index contributed by atoms with van der Waals surface area (Å²) in [4.78, 5) is 72.4. The van der Waals surface area contributed by atoms with Crippen molar-refractivity contribution < 1.29 is 80.2 Å². The van der Waals surface area contributed by atoms with Gasteiger partial charge in [-0.3, -0.25) is 37.3 Å². The molecule has 7 atom stereocenters. The van der Waals surface area contributed by atoms with Gasteiger partial charge in [0.25, 0.3) is 0 Å². The van der Waals surface area contributed by atoms with Gasteiger partial charge in [-0.2, -0.15) is 0 Å². The number of phosphoric ester groups is 2. The number of hydrogen-bond donors (Lipinski definition) is 3. The molecule has 0 rings (SSSR count). The largest absolute Gasteiger partial charge is 0.472 e. The molecule has 0 aliphatic carbocycles. The predicted octanol–water partition coefficient (Wildman–Crippen LogP) is 20.4. The van der Waals surface area contributed by atoms with Crippen LogP contribution >= 0.6 is 15.6 Å². The van der Waals surface area contributed by atoms with Gasteiger partial charge in [0.2, 0.25) is 0 Å². The topological polar surface area (TPSA) is 237 Å². The van der Waals surface area contributed by atoms with Crippen molar-refractivity contribution in [3.05, 3.63) is 0 Å². The molecule has 0 aliphatic rings. The molecule has 19 heteroatoms. The Morgan fingerprint density at radius 1 is 0.311 bits per heavy atom. The summed E-state index contributed by atoms with van der Waals surface area (Å²) in [6.07, 6.45) is 49.0. The van der Waals surface area contributed by atoms with Gasteiger partial charge in [-0.1, -0.05) is 311 Å². The van der Waals surface area contributed by atoms with E-state index < -0.39 is 97.5 Å². The Morgan fingerprint density at radius 2 is 0.533 bits per heavy atom. The van der Waals surface area contributed by atoms with Gasteiger partial charge in [0.1, 0.15) is 19.3 Å². The van der Waals surface area contributed by atoms with Crippen LogP contribution in [-0.4, -0.2) is 96.7 Å². The Kier molecular flexibility index (Phi) is 61.8. The molecule has 17 nitrogen and oxygen atoms in total. The third kappa shape index (κ3) is 62.2. The Balaban J connectivity index is 5.12. The molecule has 0 aromatic rings. The van der Waals surface area contributed by atoms with Crippen LogP contribution < -0.4 is 0 Å². The van der Waals surface area contributed by atoms with E-state index >= 15 is 0 Å². The second kappa shape index (κ2) is 63.1. The summed E-state index contributed by atoms with van der Waals surface area (Å²) in [6, 6.07) is 0.